The van der Waals surface area contributed by atoms with E-state index in [9.17, 15) is 13.2 Å². The first-order valence-corrected chi connectivity index (χ1v) is 13.1. The largest absolute Gasteiger partial charge is 0.397 e. The maximum absolute atomic E-state index is 12.9. The average molecular weight is 495 g/mol. The van der Waals surface area contributed by atoms with Crippen LogP contribution in [0, 0.1) is 0 Å². The second-order valence-corrected chi connectivity index (χ2v) is 10.7. The molecule has 3 heterocycles. The lowest BCUT2D eigenvalue weighted by Gasteiger charge is -2.08. The zero-order chi connectivity index (χ0) is 23.7. The number of sulfonamides is 1. The summed E-state index contributed by atoms with van der Waals surface area (Å²) in [6.07, 6.45) is 8.27. The highest BCUT2D eigenvalue weighted by Crippen LogP contribution is 2.35. The van der Waals surface area contributed by atoms with E-state index in [0.717, 1.165) is 41.6 Å². The molecule has 0 radical (unpaired) electrons. The summed E-state index contributed by atoms with van der Waals surface area (Å²) in [7, 11) is -3.86. The summed E-state index contributed by atoms with van der Waals surface area (Å²) in [6, 6.07) is 9.49. The van der Waals surface area contributed by atoms with Crippen LogP contribution in [0.5, 0.6) is 0 Å². The lowest BCUT2D eigenvalue weighted by Crippen LogP contribution is -2.15. The van der Waals surface area contributed by atoms with Gasteiger partial charge in [-0.1, -0.05) is 6.42 Å². The number of thiophene rings is 1. The maximum Gasteiger partial charge on any atom is 0.267 e. The number of benzene rings is 1. The highest BCUT2D eigenvalue weighted by Gasteiger charge is 2.21. The van der Waals surface area contributed by atoms with Crippen molar-refractivity contribution in [3.8, 4) is 0 Å². The van der Waals surface area contributed by atoms with Crippen molar-refractivity contribution < 1.29 is 13.2 Å². The first-order valence-electron chi connectivity index (χ1n) is 10.8. The van der Waals surface area contributed by atoms with Gasteiger partial charge in [-0.25, -0.2) is 28.1 Å². The third kappa shape index (κ3) is 4.44. The SMILES string of the molecule is Nc1c(C(=O)Nc2ccc(S(=O)(=O)Nc3ncccn3)cc2)sc2nc3c(cc12)CCCCC3. The van der Waals surface area contributed by atoms with Crippen molar-refractivity contribution in [3.05, 3.63) is 64.9 Å². The first kappa shape index (κ1) is 22.2. The molecule has 34 heavy (non-hydrogen) atoms. The van der Waals surface area contributed by atoms with Crippen molar-refractivity contribution in [2.45, 2.75) is 37.0 Å². The molecule has 1 aromatic carbocycles. The van der Waals surface area contributed by atoms with Crippen molar-refractivity contribution in [3.63, 3.8) is 0 Å². The number of pyridine rings is 1. The van der Waals surface area contributed by atoms with Gasteiger partial charge in [0.2, 0.25) is 5.95 Å². The van der Waals surface area contributed by atoms with E-state index in [2.05, 4.69) is 26.1 Å². The summed E-state index contributed by atoms with van der Waals surface area (Å²) < 4.78 is 27.4. The Kier molecular flexibility index (Phi) is 5.88. The van der Waals surface area contributed by atoms with Gasteiger partial charge in [-0.05, 0) is 67.6 Å². The van der Waals surface area contributed by atoms with E-state index in [-0.39, 0.29) is 16.8 Å². The second-order valence-electron chi connectivity index (χ2n) is 8.01. The molecule has 11 heteroatoms. The van der Waals surface area contributed by atoms with Gasteiger partial charge in [0, 0.05) is 29.2 Å². The Morgan fingerprint density at radius 3 is 2.53 bits per heavy atom. The van der Waals surface area contributed by atoms with Gasteiger partial charge in [0.25, 0.3) is 15.9 Å². The lowest BCUT2D eigenvalue weighted by molar-refractivity contribution is 0.103. The van der Waals surface area contributed by atoms with Gasteiger partial charge < -0.3 is 11.1 Å². The molecule has 0 saturated heterocycles. The smallest absolute Gasteiger partial charge is 0.267 e. The third-order valence-electron chi connectivity index (χ3n) is 5.67. The molecule has 1 aliphatic carbocycles. The number of carbonyl (C=O) groups is 1. The van der Waals surface area contributed by atoms with Crippen LogP contribution in [-0.4, -0.2) is 29.3 Å². The molecule has 0 bridgehead atoms. The van der Waals surface area contributed by atoms with Gasteiger partial charge in [-0.15, -0.1) is 11.3 Å². The molecule has 5 rings (SSSR count). The molecule has 4 N–H and O–H groups in total. The van der Waals surface area contributed by atoms with Crippen molar-refractivity contribution in [1.29, 1.82) is 0 Å². The van der Waals surface area contributed by atoms with Crippen LogP contribution in [0.3, 0.4) is 0 Å². The topological polar surface area (TPSA) is 140 Å². The minimum absolute atomic E-state index is 0.0185. The number of hydrogen-bond acceptors (Lipinski definition) is 8. The van der Waals surface area contributed by atoms with Crippen molar-refractivity contribution >= 4 is 54.8 Å². The summed E-state index contributed by atoms with van der Waals surface area (Å²) in [6.45, 7) is 0. The number of nitrogens with one attached hydrogen (secondary N) is 2. The van der Waals surface area contributed by atoms with Crippen molar-refractivity contribution in [1.82, 2.24) is 15.0 Å². The Morgan fingerprint density at radius 1 is 1.03 bits per heavy atom. The quantitative estimate of drug-likeness (QED) is 0.356. The summed E-state index contributed by atoms with van der Waals surface area (Å²) in [4.78, 5) is 26.6. The number of fused-ring (bicyclic) bond motifs is 2. The van der Waals surface area contributed by atoms with Gasteiger partial charge in [0.05, 0.1) is 10.6 Å². The van der Waals surface area contributed by atoms with Crippen LogP contribution < -0.4 is 15.8 Å². The Hall–Kier alpha value is -3.57. The van der Waals surface area contributed by atoms with Crippen LogP contribution in [0.4, 0.5) is 17.3 Å². The minimum Gasteiger partial charge on any atom is -0.397 e. The number of rotatable bonds is 5. The molecule has 4 aromatic rings. The van der Waals surface area contributed by atoms with Gasteiger partial charge in [0.1, 0.15) is 9.71 Å². The minimum atomic E-state index is -3.86. The molecular formula is C23H22N6O3S2. The number of nitrogens with zero attached hydrogens (tertiary/aromatic N) is 3. The Morgan fingerprint density at radius 2 is 1.76 bits per heavy atom. The third-order valence-corrected chi connectivity index (χ3v) is 8.13. The van der Waals surface area contributed by atoms with Gasteiger partial charge >= 0.3 is 0 Å². The molecule has 0 spiro atoms. The predicted molar refractivity (Wildman–Crippen MR) is 133 cm³/mol. The number of hydrogen-bond donors (Lipinski definition) is 3. The highest BCUT2D eigenvalue weighted by atomic mass is 32.2. The summed E-state index contributed by atoms with van der Waals surface area (Å²) in [5, 5.41) is 3.60. The number of anilines is 3. The molecule has 0 fully saturated rings. The fourth-order valence-corrected chi connectivity index (χ4v) is 5.89. The number of nitrogen functional groups attached to an aromatic ring is 1. The average Bonchev–Trinajstić information content (AvgIpc) is 2.99. The zero-order valence-corrected chi connectivity index (χ0v) is 19.7. The number of aryl methyl sites for hydroxylation is 2. The lowest BCUT2D eigenvalue weighted by atomic mass is 10.1. The molecule has 9 nitrogen and oxygen atoms in total. The first-order chi connectivity index (χ1) is 16.4. The number of nitrogens with two attached hydrogens (primary N) is 1. The number of aromatic nitrogens is 3. The normalized spacial score (nSPS) is 13.8. The van der Waals surface area contributed by atoms with Crippen LogP contribution in [0.1, 0.15) is 40.2 Å². The van der Waals surface area contributed by atoms with Crippen LogP contribution in [0.15, 0.2) is 53.7 Å². The van der Waals surface area contributed by atoms with Gasteiger partial charge in [0.15, 0.2) is 0 Å². The maximum atomic E-state index is 12.9. The predicted octanol–water partition coefficient (Wildman–Crippen LogP) is 3.99. The van der Waals surface area contributed by atoms with E-state index in [1.165, 1.54) is 60.0 Å². The Labute approximate surface area is 200 Å². The van der Waals surface area contributed by atoms with E-state index in [1.807, 2.05) is 0 Å². The molecule has 0 saturated carbocycles. The summed E-state index contributed by atoms with van der Waals surface area (Å²) >= 11 is 1.27. The van der Waals surface area contributed by atoms with Crippen LogP contribution in [0.2, 0.25) is 0 Å². The zero-order valence-electron chi connectivity index (χ0n) is 18.1. The van der Waals surface area contributed by atoms with E-state index in [0.29, 0.717) is 16.3 Å². The Bertz CT molecular complexity index is 1470. The molecule has 174 valence electrons. The fraction of sp³-hybridized carbons (Fsp3) is 0.217. The highest BCUT2D eigenvalue weighted by molar-refractivity contribution is 7.92. The Balaban J connectivity index is 1.35. The monoisotopic (exact) mass is 494 g/mol. The molecular weight excluding hydrogens is 472 g/mol. The second kappa shape index (κ2) is 8.99. The number of carbonyl (C=O) groups excluding carboxylic acids is 1. The van der Waals surface area contributed by atoms with Crippen LogP contribution in [0.25, 0.3) is 10.2 Å². The van der Waals surface area contributed by atoms with E-state index in [4.69, 9.17) is 10.7 Å². The standard InChI is InChI=1S/C23H22N6O3S2/c24-19-17-13-14-5-2-1-3-6-18(14)28-22(17)33-20(19)21(30)27-15-7-9-16(10-8-15)34(31,32)29-23-25-11-4-12-26-23/h4,7-13H,1-3,5-6,24H2,(H,27,30)(H,25,26,29). The molecule has 1 amide bonds. The molecule has 0 aliphatic heterocycles. The van der Waals surface area contributed by atoms with E-state index in [1.54, 1.807) is 6.07 Å². The van der Waals surface area contributed by atoms with Crippen molar-refractivity contribution in [2.24, 2.45) is 0 Å². The molecule has 3 aromatic heterocycles. The van der Waals surface area contributed by atoms with Gasteiger partial charge in [-0.3, -0.25) is 4.79 Å². The van der Waals surface area contributed by atoms with Crippen LogP contribution >= 0.6 is 11.3 Å². The molecule has 1 aliphatic rings. The number of amides is 1. The summed E-state index contributed by atoms with van der Waals surface area (Å²) in [5.74, 6) is -0.381. The molecule has 0 atom stereocenters. The summed E-state index contributed by atoms with van der Waals surface area (Å²) in [5.41, 5.74) is 9.51. The van der Waals surface area contributed by atoms with E-state index >= 15 is 0 Å². The van der Waals surface area contributed by atoms with Crippen LogP contribution in [-0.2, 0) is 22.9 Å². The van der Waals surface area contributed by atoms with Crippen molar-refractivity contribution in [2.75, 3.05) is 15.8 Å². The fourth-order valence-electron chi connectivity index (χ4n) is 3.94. The molecule has 0 unspecified atom stereocenters. The van der Waals surface area contributed by atoms with Gasteiger partial charge in [-0.2, -0.15) is 0 Å². The van der Waals surface area contributed by atoms with E-state index < -0.39 is 10.0 Å².